The zero-order chi connectivity index (χ0) is 29.3. The Labute approximate surface area is 235 Å². The van der Waals surface area contributed by atoms with E-state index in [1.165, 1.54) is 24.5 Å². The molecule has 1 unspecified atom stereocenters. The van der Waals surface area contributed by atoms with Crippen LogP contribution in [0.15, 0.2) is 46.8 Å². The van der Waals surface area contributed by atoms with Crippen LogP contribution in [0.25, 0.3) is 32.6 Å². The highest BCUT2D eigenvalue weighted by Gasteiger charge is 2.34. The first-order chi connectivity index (χ1) is 19.5. The van der Waals surface area contributed by atoms with Gasteiger partial charge in [-0.2, -0.15) is 13.2 Å². The number of anilines is 1. The molecule has 1 aliphatic rings. The maximum absolute atomic E-state index is 13.4. The quantitative estimate of drug-likeness (QED) is 0.302. The monoisotopic (exact) mass is 585 g/mol. The van der Waals surface area contributed by atoms with Crippen LogP contribution >= 0.6 is 11.3 Å². The van der Waals surface area contributed by atoms with Crippen molar-refractivity contribution in [1.29, 1.82) is 0 Å². The van der Waals surface area contributed by atoms with Crippen molar-refractivity contribution in [3.8, 4) is 21.7 Å². The molecule has 1 aliphatic heterocycles. The van der Waals surface area contributed by atoms with Crippen molar-refractivity contribution in [1.82, 2.24) is 25.2 Å². The normalized spacial score (nSPS) is 15.3. The molecule has 4 heterocycles. The molecular formula is C27H24F3N6O4S-. The van der Waals surface area contributed by atoms with E-state index >= 15 is 0 Å². The Morgan fingerprint density at radius 1 is 1.24 bits per heavy atom. The molecular weight excluding hydrogens is 561 g/mol. The molecule has 0 saturated carbocycles. The molecule has 0 aliphatic carbocycles. The van der Waals surface area contributed by atoms with Gasteiger partial charge in [0.1, 0.15) is 10.8 Å². The number of fused-ring (bicyclic) bond motifs is 1. The van der Waals surface area contributed by atoms with Gasteiger partial charge in [0.05, 0.1) is 17.0 Å². The molecule has 214 valence electrons. The van der Waals surface area contributed by atoms with Crippen molar-refractivity contribution >= 4 is 40.1 Å². The number of aromatic carboxylic acids is 1. The van der Waals surface area contributed by atoms with Gasteiger partial charge in [0.15, 0.2) is 11.1 Å². The number of carbonyl (C=O) groups is 2. The number of halogens is 3. The third-order valence-electron chi connectivity index (χ3n) is 6.74. The van der Waals surface area contributed by atoms with E-state index in [0.717, 1.165) is 36.2 Å². The number of hydrogen-bond donors (Lipinski definition) is 3. The number of thiazole rings is 1. The van der Waals surface area contributed by atoms with Crippen molar-refractivity contribution in [3.63, 3.8) is 0 Å². The predicted octanol–water partition coefficient (Wildman–Crippen LogP) is 3.32. The van der Waals surface area contributed by atoms with Crippen LogP contribution < -0.4 is 26.5 Å². The number of hydrogen-bond acceptors (Lipinski definition) is 8. The second-order valence-electron chi connectivity index (χ2n) is 9.54. The molecule has 2 amide bonds. The highest BCUT2D eigenvalue weighted by Crippen LogP contribution is 2.39. The number of nitrogens with one attached hydrogen (secondary N) is 3. The molecule has 5 rings (SSSR count). The molecule has 14 heteroatoms. The lowest BCUT2D eigenvalue weighted by Crippen LogP contribution is -2.30. The summed E-state index contributed by atoms with van der Waals surface area (Å²) in [5.74, 6) is -1.29. The number of rotatable bonds is 7. The van der Waals surface area contributed by atoms with Crippen LogP contribution in [0.3, 0.4) is 0 Å². The molecule has 1 saturated heterocycles. The first-order valence-corrected chi connectivity index (χ1v) is 13.6. The van der Waals surface area contributed by atoms with Gasteiger partial charge >= 0.3 is 12.2 Å². The minimum Gasteiger partial charge on any atom is -0.545 e. The Morgan fingerprint density at radius 3 is 2.71 bits per heavy atom. The van der Waals surface area contributed by atoms with E-state index in [1.54, 1.807) is 23.6 Å². The van der Waals surface area contributed by atoms with Crippen LogP contribution in [0.4, 0.5) is 23.8 Å². The van der Waals surface area contributed by atoms with Crippen LogP contribution in [-0.4, -0.2) is 46.2 Å². The lowest BCUT2D eigenvalue weighted by molar-refractivity contribution is -0.255. The zero-order valence-corrected chi connectivity index (χ0v) is 22.5. The van der Waals surface area contributed by atoms with Crippen LogP contribution in [0.5, 0.6) is 0 Å². The summed E-state index contributed by atoms with van der Waals surface area (Å²) >= 11 is 0.765. The fourth-order valence-corrected chi connectivity index (χ4v) is 5.65. The van der Waals surface area contributed by atoms with Gasteiger partial charge in [0, 0.05) is 47.4 Å². The van der Waals surface area contributed by atoms with E-state index in [9.17, 15) is 32.7 Å². The molecule has 1 aromatic carbocycles. The van der Waals surface area contributed by atoms with Crippen molar-refractivity contribution in [2.75, 3.05) is 25.0 Å². The van der Waals surface area contributed by atoms with Gasteiger partial charge in [-0.3, -0.25) is 10.1 Å². The standard InChI is InChI=1S/C27H25F3N6O4S/c1-2-32-26(40)35-22-8-16(24-34-21(13-41-24)27(28,29)30)18(10-33-22)15-3-4-20-17(7-15)23(37)19(25(38)39)12-36(20)11-14-5-6-31-9-14/h3-4,7-8,10,12-14,31H,2,5-6,9,11H2,1H3,(H,38,39)(H2,32,33,35,40)/p-1. The fraction of sp³-hybridized carbons (Fsp3) is 0.296. The number of carboxylic acids is 1. The molecule has 0 bridgehead atoms. The van der Waals surface area contributed by atoms with Crippen LogP contribution in [0.2, 0.25) is 0 Å². The fourth-order valence-electron chi connectivity index (χ4n) is 4.79. The average Bonchev–Trinajstić information content (AvgIpc) is 3.63. The van der Waals surface area contributed by atoms with Crippen molar-refractivity contribution in [3.05, 3.63) is 63.5 Å². The lowest BCUT2D eigenvalue weighted by Gasteiger charge is -2.18. The van der Waals surface area contributed by atoms with Gasteiger partial charge in [-0.25, -0.2) is 14.8 Å². The first-order valence-electron chi connectivity index (χ1n) is 12.7. The molecule has 3 aromatic heterocycles. The van der Waals surface area contributed by atoms with Gasteiger partial charge in [-0.05, 0) is 56.1 Å². The number of benzene rings is 1. The molecule has 10 nitrogen and oxygen atoms in total. The van der Waals surface area contributed by atoms with Gasteiger partial charge in [-0.1, -0.05) is 6.07 Å². The maximum atomic E-state index is 13.4. The van der Waals surface area contributed by atoms with Crippen LogP contribution in [0, 0.1) is 5.92 Å². The molecule has 41 heavy (non-hydrogen) atoms. The van der Waals surface area contributed by atoms with E-state index in [-0.39, 0.29) is 27.7 Å². The maximum Gasteiger partial charge on any atom is 0.434 e. The molecule has 1 atom stereocenters. The lowest BCUT2D eigenvalue weighted by atomic mass is 9.99. The smallest absolute Gasteiger partial charge is 0.434 e. The van der Waals surface area contributed by atoms with Crippen molar-refractivity contribution in [2.45, 2.75) is 26.1 Å². The molecule has 1 fully saturated rings. The number of amides is 2. The summed E-state index contributed by atoms with van der Waals surface area (Å²) in [5.41, 5.74) is -0.820. The van der Waals surface area contributed by atoms with Gasteiger partial charge in [-0.15, -0.1) is 11.3 Å². The largest absolute Gasteiger partial charge is 0.545 e. The Morgan fingerprint density at radius 2 is 2.05 bits per heavy atom. The van der Waals surface area contributed by atoms with Gasteiger partial charge in [0.2, 0.25) is 0 Å². The number of carboxylic acid groups (broad SMARTS) is 1. The van der Waals surface area contributed by atoms with E-state index in [4.69, 9.17) is 0 Å². The zero-order valence-electron chi connectivity index (χ0n) is 21.7. The summed E-state index contributed by atoms with van der Waals surface area (Å²) < 4.78 is 41.8. The Kier molecular flexibility index (Phi) is 7.78. The minimum absolute atomic E-state index is 0.0170. The summed E-state index contributed by atoms with van der Waals surface area (Å²) in [6, 6.07) is 5.69. The van der Waals surface area contributed by atoms with Crippen LogP contribution in [-0.2, 0) is 12.7 Å². The number of alkyl halides is 3. The van der Waals surface area contributed by atoms with Crippen molar-refractivity contribution in [2.24, 2.45) is 5.92 Å². The average molecular weight is 586 g/mol. The van der Waals surface area contributed by atoms with Gasteiger partial charge in [0.25, 0.3) is 0 Å². The summed E-state index contributed by atoms with van der Waals surface area (Å²) in [7, 11) is 0. The number of pyridine rings is 2. The number of aromatic nitrogens is 3. The van der Waals surface area contributed by atoms with Crippen LogP contribution in [0.1, 0.15) is 29.4 Å². The first kappa shape index (κ1) is 28.2. The highest BCUT2D eigenvalue weighted by atomic mass is 32.1. The summed E-state index contributed by atoms with van der Waals surface area (Å²) in [5, 5.41) is 21.2. The molecule has 4 aromatic rings. The Hall–Kier alpha value is -4.30. The SMILES string of the molecule is CCNC(=O)Nc1cc(-c2nc(C(F)(F)F)cs2)c(-c2ccc3c(c2)c(=O)c(C(=O)[O-])cn3CC2CCNC2)cn1. The predicted molar refractivity (Wildman–Crippen MR) is 146 cm³/mol. The second kappa shape index (κ2) is 11.3. The number of carbonyl (C=O) groups excluding carboxylic acids is 2. The number of urea groups is 1. The topological polar surface area (TPSA) is 141 Å². The second-order valence-corrected chi connectivity index (χ2v) is 10.4. The van der Waals surface area contributed by atoms with E-state index in [2.05, 4.69) is 25.9 Å². The number of nitrogens with zero attached hydrogens (tertiary/aromatic N) is 3. The highest BCUT2D eigenvalue weighted by molar-refractivity contribution is 7.13. The van der Waals surface area contributed by atoms with E-state index in [0.29, 0.717) is 29.7 Å². The summed E-state index contributed by atoms with van der Waals surface area (Å²) in [6.45, 7) is 4.15. The Bertz CT molecular complexity index is 1690. The van der Waals surface area contributed by atoms with E-state index in [1.807, 2.05) is 0 Å². The summed E-state index contributed by atoms with van der Waals surface area (Å²) in [4.78, 5) is 45.1. The van der Waals surface area contributed by atoms with Crippen molar-refractivity contribution < 1.29 is 27.9 Å². The van der Waals surface area contributed by atoms with E-state index < -0.39 is 34.9 Å². The third-order valence-corrected chi connectivity index (χ3v) is 7.61. The Balaban J connectivity index is 1.66. The summed E-state index contributed by atoms with van der Waals surface area (Å²) in [6.07, 6.45) is -1.11. The molecule has 3 N–H and O–H groups in total. The molecule has 0 spiro atoms. The third kappa shape index (κ3) is 5.93. The van der Waals surface area contributed by atoms with Gasteiger partial charge < -0.3 is 25.1 Å². The minimum atomic E-state index is -4.66. The molecule has 0 radical (unpaired) electrons.